The number of nitriles is 2. The zero-order valence-electron chi connectivity index (χ0n) is 8.55. The van der Waals surface area contributed by atoms with Gasteiger partial charge in [0.2, 0.25) is 12.3 Å². The molecule has 1 aliphatic rings. The lowest BCUT2D eigenvalue weighted by atomic mass is 10.3. The van der Waals surface area contributed by atoms with Gasteiger partial charge in [0.25, 0.3) is 5.91 Å². The fourth-order valence-corrected chi connectivity index (χ4v) is 1.15. The molecule has 7 nitrogen and oxygen atoms in total. The molecular formula is C9H10N4O3. The molecule has 0 saturated carbocycles. The van der Waals surface area contributed by atoms with Gasteiger partial charge in [-0.25, -0.2) is 0 Å². The topological polar surface area (TPSA) is 98.7 Å². The lowest BCUT2D eigenvalue weighted by molar-refractivity contribution is -0.128. The van der Waals surface area contributed by atoms with Crippen LogP contribution >= 0.6 is 0 Å². The van der Waals surface area contributed by atoms with Crippen molar-refractivity contribution in [2.75, 3.05) is 32.9 Å². The minimum atomic E-state index is -0.497. The molecule has 0 spiro atoms. The summed E-state index contributed by atoms with van der Waals surface area (Å²) in [5.41, 5.74) is -0.350. The van der Waals surface area contributed by atoms with E-state index >= 15 is 0 Å². The van der Waals surface area contributed by atoms with E-state index in [4.69, 9.17) is 15.3 Å². The Labute approximate surface area is 92.4 Å². The van der Waals surface area contributed by atoms with Crippen molar-refractivity contribution in [2.45, 2.75) is 0 Å². The van der Waals surface area contributed by atoms with Crippen molar-refractivity contribution in [3.05, 3.63) is 0 Å². The molecular weight excluding hydrogens is 212 g/mol. The highest BCUT2D eigenvalue weighted by atomic mass is 16.6. The second-order valence-electron chi connectivity index (χ2n) is 2.89. The molecule has 0 aromatic rings. The number of hydrogen-bond donors (Lipinski definition) is 0. The van der Waals surface area contributed by atoms with Crippen LogP contribution in [0.4, 0.5) is 0 Å². The molecule has 1 aliphatic heterocycles. The van der Waals surface area contributed by atoms with Crippen molar-refractivity contribution < 1.29 is 14.4 Å². The van der Waals surface area contributed by atoms with Gasteiger partial charge in [0.15, 0.2) is 0 Å². The second-order valence-corrected chi connectivity index (χ2v) is 2.89. The van der Waals surface area contributed by atoms with Crippen LogP contribution in [0, 0.1) is 22.7 Å². The highest BCUT2D eigenvalue weighted by Gasteiger charge is 2.22. The number of carbonyl (C=O) groups is 1. The first-order valence-corrected chi connectivity index (χ1v) is 4.63. The van der Waals surface area contributed by atoms with Crippen LogP contribution in [0.15, 0.2) is 5.16 Å². The molecule has 16 heavy (non-hydrogen) atoms. The summed E-state index contributed by atoms with van der Waals surface area (Å²) in [7, 11) is 0. The van der Waals surface area contributed by atoms with Gasteiger partial charge >= 0.3 is 0 Å². The summed E-state index contributed by atoms with van der Waals surface area (Å²) in [4.78, 5) is 17.6. The molecule has 7 heteroatoms. The van der Waals surface area contributed by atoms with E-state index in [-0.39, 0.29) is 12.3 Å². The SMILES string of the molecule is N#CCON=C(C#N)C(=O)N1CCOCC1. The number of ether oxygens (including phenoxy) is 1. The van der Waals surface area contributed by atoms with Crippen LogP contribution in [-0.4, -0.2) is 49.4 Å². The third-order valence-corrected chi connectivity index (χ3v) is 1.89. The largest absolute Gasteiger partial charge is 0.379 e. The highest BCUT2D eigenvalue weighted by Crippen LogP contribution is 1.99. The Hall–Kier alpha value is -2.12. The summed E-state index contributed by atoms with van der Waals surface area (Å²) in [6.45, 7) is 1.46. The Morgan fingerprint density at radius 3 is 2.69 bits per heavy atom. The molecule has 1 saturated heterocycles. The number of nitrogens with zero attached hydrogens (tertiary/aromatic N) is 4. The molecule has 1 fully saturated rings. The van der Waals surface area contributed by atoms with Gasteiger partial charge in [-0.1, -0.05) is 5.16 Å². The van der Waals surface area contributed by atoms with Crippen LogP contribution in [0.3, 0.4) is 0 Å². The van der Waals surface area contributed by atoms with Crippen LogP contribution < -0.4 is 0 Å². The van der Waals surface area contributed by atoms with Gasteiger partial charge in [0.1, 0.15) is 12.1 Å². The maximum atomic E-state index is 11.7. The quantitative estimate of drug-likeness (QED) is 0.356. The van der Waals surface area contributed by atoms with Crippen LogP contribution in [0.25, 0.3) is 0 Å². The first-order chi connectivity index (χ1) is 7.79. The molecule has 0 atom stereocenters. The minimum absolute atomic E-state index is 0.290. The van der Waals surface area contributed by atoms with E-state index in [9.17, 15) is 4.79 Å². The van der Waals surface area contributed by atoms with Crippen LogP contribution in [-0.2, 0) is 14.4 Å². The average molecular weight is 222 g/mol. The van der Waals surface area contributed by atoms with Crippen molar-refractivity contribution in [1.82, 2.24) is 4.90 Å². The third kappa shape index (κ3) is 3.23. The maximum absolute atomic E-state index is 11.7. The first kappa shape index (κ1) is 12.0. The summed E-state index contributed by atoms with van der Waals surface area (Å²) in [5.74, 6) is -0.497. The zero-order valence-corrected chi connectivity index (χ0v) is 8.55. The van der Waals surface area contributed by atoms with Crippen LogP contribution in [0.1, 0.15) is 0 Å². The number of morpholine rings is 1. The Bertz CT molecular complexity index is 360. The van der Waals surface area contributed by atoms with Crippen molar-refractivity contribution in [3.63, 3.8) is 0 Å². The molecule has 0 aromatic heterocycles. The second kappa shape index (κ2) is 6.38. The van der Waals surface area contributed by atoms with Crippen molar-refractivity contribution in [3.8, 4) is 12.1 Å². The molecule has 1 rings (SSSR count). The van der Waals surface area contributed by atoms with E-state index in [2.05, 4.69) is 9.99 Å². The normalized spacial score (nSPS) is 16.1. The molecule has 0 N–H and O–H groups in total. The number of amides is 1. The van der Waals surface area contributed by atoms with Gasteiger partial charge in [0, 0.05) is 13.1 Å². The van der Waals surface area contributed by atoms with E-state index in [1.165, 1.54) is 4.90 Å². The summed E-state index contributed by atoms with van der Waals surface area (Å²) < 4.78 is 5.07. The fraction of sp³-hybridized carbons (Fsp3) is 0.556. The standard InChI is InChI=1S/C9H10N4O3/c10-1-4-16-12-8(7-11)9(14)13-2-5-15-6-3-13/h2-6H2. The number of carbonyl (C=O) groups excluding carboxylic acids is 1. The zero-order chi connectivity index (χ0) is 11.8. The molecule has 0 unspecified atom stereocenters. The predicted octanol–water partition coefficient (Wildman–Crippen LogP) is -0.735. The predicted molar refractivity (Wildman–Crippen MR) is 52.0 cm³/mol. The summed E-state index contributed by atoms with van der Waals surface area (Å²) in [5, 5.41) is 20.2. The van der Waals surface area contributed by atoms with Crippen LogP contribution in [0.5, 0.6) is 0 Å². The van der Waals surface area contributed by atoms with Crippen LogP contribution in [0.2, 0.25) is 0 Å². The minimum Gasteiger partial charge on any atom is -0.379 e. The molecule has 84 valence electrons. The van der Waals surface area contributed by atoms with Gasteiger partial charge in [0.05, 0.1) is 13.2 Å². The molecule has 1 amide bonds. The van der Waals surface area contributed by atoms with Crippen molar-refractivity contribution >= 4 is 11.6 Å². The molecule has 1 heterocycles. The van der Waals surface area contributed by atoms with E-state index < -0.39 is 5.91 Å². The first-order valence-electron chi connectivity index (χ1n) is 4.63. The van der Waals surface area contributed by atoms with Gasteiger partial charge in [-0.15, -0.1) is 0 Å². The Kier molecular flexibility index (Phi) is 4.77. The molecule has 0 aromatic carbocycles. The maximum Gasteiger partial charge on any atom is 0.287 e. The lowest BCUT2D eigenvalue weighted by Crippen LogP contribution is -2.43. The smallest absolute Gasteiger partial charge is 0.287 e. The average Bonchev–Trinajstić information content (AvgIpc) is 2.35. The highest BCUT2D eigenvalue weighted by molar-refractivity contribution is 6.44. The van der Waals surface area contributed by atoms with E-state index in [1.807, 2.05) is 0 Å². The Morgan fingerprint density at radius 1 is 1.44 bits per heavy atom. The van der Waals surface area contributed by atoms with E-state index in [0.29, 0.717) is 26.3 Å². The van der Waals surface area contributed by atoms with Crippen molar-refractivity contribution in [1.29, 1.82) is 10.5 Å². The summed E-state index contributed by atoms with van der Waals surface area (Å²) >= 11 is 0. The molecule has 0 radical (unpaired) electrons. The van der Waals surface area contributed by atoms with E-state index in [1.54, 1.807) is 12.1 Å². The third-order valence-electron chi connectivity index (χ3n) is 1.89. The Balaban J connectivity index is 2.59. The van der Waals surface area contributed by atoms with Gasteiger partial charge in [-0.05, 0) is 0 Å². The van der Waals surface area contributed by atoms with Gasteiger partial charge in [-0.2, -0.15) is 10.5 Å². The summed E-state index contributed by atoms with van der Waals surface area (Å²) in [6, 6.07) is 3.32. The fourth-order valence-electron chi connectivity index (χ4n) is 1.15. The number of oxime groups is 1. The number of hydrogen-bond acceptors (Lipinski definition) is 6. The number of rotatable bonds is 3. The Morgan fingerprint density at radius 2 is 2.12 bits per heavy atom. The molecule has 0 bridgehead atoms. The van der Waals surface area contributed by atoms with Gasteiger partial charge < -0.3 is 14.5 Å². The monoisotopic (exact) mass is 222 g/mol. The summed E-state index contributed by atoms with van der Waals surface area (Å²) in [6.07, 6.45) is 0. The molecule has 0 aliphatic carbocycles. The van der Waals surface area contributed by atoms with Gasteiger partial charge in [-0.3, -0.25) is 4.79 Å². The van der Waals surface area contributed by atoms with Crippen molar-refractivity contribution in [2.24, 2.45) is 5.16 Å². The lowest BCUT2D eigenvalue weighted by Gasteiger charge is -2.25. The van der Waals surface area contributed by atoms with E-state index in [0.717, 1.165) is 0 Å².